The Hall–Kier alpha value is -2.04. The highest BCUT2D eigenvalue weighted by atomic mass is 16.2. The molecule has 0 heterocycles. The highest BCUT2D eigenvalue weighted by Crippen LogP contribution is 2.11. The normalized spacial score (nSPS) is 11.0. The van der Waals surface area contributed by atoms with E-state index >= 15 is 0 Å². The van der Waals surface area contributed by atoms with E-state index in [1.165, 1.54) is 0 Å². The summed E-state index contributed by atoms with van der Waals surface area (Å²) in [7, 11) is 0. The third-order valence-electron chi connectivity index (χ3n) is 3.17. The van der Waals surface area contributed by atoms with E-state index in [2.05, 4.69) is 10.6 Å². The number of amides is 3. The summed E-state index contributed by atoms with van der Waals surface area (Å²) < 4.78 is 0. The van der Waals surface area contributed by atoms with Crippen LogP contribution in [0.25, 0.3) is 0 Å². The van der Waals surface area contributed by atoms with Gasteiger partial charge in [0.15, 0.2) is 0 Å². The quantitative estimate of drug-likeness (QED) is 0.878. The molecular weight excluding hydrogens is 278 g/mol. The molecule has 2 N–H and O–H groups in total. The molecule has 22 heavy (non-hydrogen) atoms. The van der Waals surface area contributed by atoms with Crippen LogP contribution in [0.3, 0.4) is 0 Å². The maximum absolute atomic E-state index is 12.0. The van der Waals surface area contributed by atoms with Gasteiger partial charge in [-0.05, 0) is 52.3 Å². The van der Waals surface area contributed by atoms with Gasteiger partial charge in [-0.3, -0.25) is 4.79 Å². The van der Waals surface area contributed by atoms with Crippen LogP contribution in [0.15, 0.2) is 24.3 Å². The molecule has 0 saturated heterocycles. The molecule has 0 aliphatic rings. The summed E-state index contributed by atoms with van der Waals surface area (Å²) >= 11 is 0. The third kappa shape index (κ3) is 6.16. The average Bonchev–Trinajstić information content (AvgIpc) is 2.40. The number of nitrogens with zero attached hydrogens (tertiary/aromatic N) is 1. The van der Waals surface area contributed by atoms with E-state index in [4.69, 9.17) is 0 Å². The first-order valence-electron chi connectivity index (χ1n) is 7.71. The first-order valence-corrected chi connectivity index (χ1v) is 7.71. The average molecular weight is 305 g/mol. The standard InChI is InChI=1S/C17H27N3O2/c1-6-20(7-2)15(21)12-13-8-10-14(11-9-13)18-16(22)19-17(3,4)5/h8-11H,6-7,12H2,1-5H3,(H2,18,19,22). The molecule has 0 aromatic heterocycles. The number of likely N-dealkylation sites (N-methyl/N-ethyl adjacent to an activating group) is 1. The molecule has 1 aromatic carbocycles. The van der Waals surface area contributed by atoms with E-state index < -0.39 is 0 Å². The van der Waals surface area contributed by atoms with Crippen LogP contribution in [0, 0.1) is 0 Å². The van der Waals surface area contributed by atoms with E-state index in [-0.39, 0.29) is 17.5 Å². The fraction of sp³-hybridized carbons (Fsp3) is 0.529. The number of hydrogen-bond donors (Lipinski definition) is 2. The Labute approximate surface area is 133 Å². The molecule has 0 fully saturated rings. The van der Waals surface area contributed by atoms with Gasteiger partial charge in [0.1, 0.15) is 0 Å². The van der Waals surface area contributed by atoms with Gasteiger partial charge in [-0.1, -0.05) is 12.1 Å². The summed E-state index contributed by atoms with van der Waals surface area (Å²) in [6.45, 7) is 11.2. The number of urea groups is 1. The second-order valence-corrected chi connectivity index (χ2v) is 6.27. The molecule has 0 bridgehead atoms. The van der Waals surface area contributed by atoms with Crippen molar-refractivity contribution in [2.75, 3.05) is 18.4 Å². The molecule has 0 aliphatic carbocycles. The van der Waals surface area contributed by atoms with E-state index in [0.717, 1.165) is 18.7 Å². The van der Waals surface area contributed by atoms with E-state index in [0.29, 0.717) is 12.1 Å². The number of carbonyl (C=O) groups excluding carboxylic acids is 2. The summed E-state index contributed by atoms with van der Waals surface area (Å²) in [6.07, 6.45) is 0.385. The molecule has 0 radical (unpaired) electrons. The Bertz CT molecular complexity index is 500. The van der Waals surface area contributed by atoms with Crippen molar-refractivity contribution < 1.29 is 9.59 Å². The highest BCUT2D eigenvalue weighted by molar-refractivity contribution is 5.89. The summed E-state index contributed by atoms with van der Waals surface area (Å²) in [5.74, 6) is 0.121. The lowest BCUT2D eigenvalue weighted by molar-refractivity contribution is -0.130. The minimum absolute atomic E-state index is 0.121. The van der Waals surface area contributed by atoms with Crippen LogP contribution in [-0.2, 0) is 11.2 Å². The number of carbonyl (C=O) groups is 2. The van der Waals surface area contributed by atoms with Crippen LogP contribution < -0.4 is 10.6 Å². The van der Waals surface area contributed by atoms with Crippen LogP contribution in [-0.4, -0.2) is 35.5 Å². The van der Waals surface area contributed by atoms with Crippen LogP contribution in [0.5, 0.6) is 0 Å². The number of rotatable bonds is 5. The van der Waals surface area contributed by atoms with Crippen LogP contribution >= 0.6 is 0 Å². The van der Waals surface area contributed by atoms with Gasteiger partial charge in [-0.2, -0.15) is 0 Å². The van der Waals surface area contributed by atoms with Crippen LogP contribution in [0.4, 0.5) is 10.5 Å². The lowest BCUT2D eigenvalue weighted by Crippen LogP contribution is -2.43. The SMILES string of the molecule is CCN(CC)C(=O)Cc1ccc(NC(=O)NC(C)(C)C)cc1. The Kier molecular flexibility index (Phi) is 6.40. The smallest absolute Gasteiger partial charge is 0.319 e. The molecule has 1 rings (SSSR count). The minimum atomic E-state index is -0.278. The van der Waals surface area contributed by atoms with Crippen molar-refractivity contribution in [1.29, 1.82) is 0 Å². The van der Waals surface area contributed by atoms with Crippen LogP contribution in [0.2, 0.25) is 0 Å². The van der Waals surface area contributed by atoms with Crippen LogP contribution in [0.1, 0.15) is 40.2 Å². The fourth-order valence-electron chi connectivity index (χ4n) is 2.07. The van der Waals surface area contributed by atoms with Gasteiger partial charge in [0.25, 0.3) is 0 Å². The van der Waals surface area contributed by atoms with E-state index in [1.807, 2.05) is 63.8 Å². The molecular formula is C17H27N3O2. The number of anilines is 1. The first-order chi connectivity index (χ1) is 10.2. The molecule has 0 unspecified atom stereocenters. The fourth-order valence-corrected chi connectivity index (χ4v) is 2.07. The molecule has 1 aromatic rings. The number of nitrogens with one attached hydrogen (secondary N) is 2. The Morgan fingerprint density at radius 3 is 2.05 bits per heavy atom. The molecule has 122 valence electrons. The van der Waals surface area contributed by atoms with Crippen molar-refractivity contribution in [3.05, 3.63) is 29.8 Å². The predicted molar refractivity (Wildman–Crippen MR) is 90.0 cm³/mol. The maximum atomic E-state index is 12.0. The van der Waals surface area contributed by atoms with Crippen molar-refractivity contribution >= 4 is 17.6 Å². The zero-order valence-electron chi connectivity index (χ0n) is 14.2. The van der Waals surface area contributed by atoms with Gasteiger partial charge in [-0.25, -0.2) is 4.79 Å². The molecule has 0 saturated carbocycles. The van der Waals surface area contributed by atoms with Gasteiger partial charge in [0, 0.05) is 24.3 Å². The summed E-state index contributed by atoms with van der Waals surface area (Å²) in [5.41, 5.74) is 1.37. The van der Waals surface area contributed by atoms with Gasteiger partial charge >= 0.3 is 6.03 Å². The highest BCUT2D eigenvalue weighted by Gasteiger charge is 2.14. The van der Waals surface area contributed by atoms with Crippen molar-refractivity contribution in [1.82, 2.24) is 10.2 Å². The summed E-state index contributed by atoms with van der Waals surface area (Å²) in [5, 5.41) is 5.61. The molecule has 5 nitrogen and oxygen atoms in total. The van der Waals surface area contributed by atoms with Crippen molar-refractivity contribution in [3.8, 4) is 0 Å². The number of hydrogen-bond acceptors (Lipinski definition) is 2. The molecule has 3 amide bonds. The van der Waals surface area contributed by atoms with Gasteiger partial charge in [0.2, 0.25) is 5.91 Å². The van der Waals surface area contributed by atoms with E-state index in [9.17, 15) is 9.59 Å². The van der Waals surface area contributed by atoms with Crippen molar-refractivity contribution in [3.63, 3.8) is 0 Å². The predicted octanol–water partition coefficient (Wildman–Crippen LogP) is 3.02. The maximum Gasteiger partial charge on any atom is 0.319 e. The lowest BCUT2D eigenvalue weighted by Gasteiger charge is -2.21. The molecule has 0 aliphatic heterocycles. The Morgan fingerprint density at radius 1 is 1.05 bits per heavy atom. The minimum Gasteiger partial charge on any atom is -0.343 e. The molecule has 0 atom stereocenters. The van der Waals surface area contributed by atoms with Gasteiger partial charge in [-0.15, -0.1) is 0 Å². The molecule has 5 heteroatoms. The van der Waals surface area contributed by atoms with E-state index in [1.54, 1.807) is 0 Å². The Balaban J connectivity index is 2.60. The first kappa shape index (κ1) is 18.0. The third-order valence-corrected chi connectivity index (χ3v) is 3.17. The summed E-state index contributed by atoms with van der Waals surface area (Å²) in [6, 6.07) is 7.13. The lowest BCUT2D eigenvalue weighted by atomic mass is 10.1. The van der Waals surface area contributed by atoms with Gasteiger partial charge < -0.3 is 15.5 Å². The zero-order chi connectivity index (χ0) is 16.8. The second kappa shape index (κ2) is 7.82. The molecule has 0 spiro atoms. The monoisotopic (exact) mass is 305 g/mol. The van der Waals surface area contributed by atoms with Gasteiger partial charge in [0.05, 0.1) is 6.42 Å². The topological polar surface area (TPSA) is 61.4 Å². The van der Waals surface area contributed by atoms with Crippen molar-refractivity contribution in [2.45, 2.75) is 46.6 Å². The second-order valence-electron chi connectivity index (χ2n) is 6.27. The number of benzene rings is 1. The largest absolute Gasteiger partial charge is 0.343 e. The summed E-state index contributed by atoms with van der Waals surface area (Å²) in [4.78, 5) is 25.6. The Morgan fingerprint density at radius 2 is 1.59 bits per heavy atom. The van der Waals surface area contributed by atoms with Crippen molar-refractivity contribution in [2.24, 2.45) is 0 Å². The zero-order valence-corrected chi connectivity index (χ0v) is 14.2.